The van der Waals surface area contributed by atoms with Gasteiger partial charge in [-0.15, -0.1) is 0 Å². The van der Waals surface area contributed by atoms with Gasteiger partial charge in [0.1, 0.15) is 17.2 Å². The molecule has 0 unspecified atom stereocenters. The second-order valence-electron chi connectivity index (χ2n) is 5.70. The van der Waals surface area contributed by atoms with E-state index in [4.69, 9.17) is 14.6 Å². The monoisotopic (exact) mass is 377 g/mol. The van der Waals surface area contributed by atoms with Crippen molar-refractivity contribution in [3.05, 3.63) is 42.5 Å². The molecule has 0 radical (unpaired) electrons. The number of furan rings is 1. The number of carbonyl (C=O) groups is 2. The van der Waals surface area contributed by atoms with E-state index in [1.54, 1.807) is 24.3 Å². The predicted octanol–water partition coefficient (Wildman–Crippen LogP) is 2.18. The number of carboxylic acid groups (broad SMARTS) is 2. The number of nitrogens with one attached hydrogen (secondary N) is 1. The van der Waals surface area contributed by atoms with E-state index in [1.807, 2.05) is 4.72 Å². The minimum atomic E-state index is -4.16. The van der Waals surface area contributed by atoms with Crippen molar-refractivity contribution >= 4 is 43.9 Å². The fraction of sp³-hybridized carbons (Fsp3) is 0.176. The summed E-state index contributed by atoms with van der Waals surface area (Å²) < 4.78 is 32.8. The Kier molecular flexibility index (Phi) is 4.66. The van der Waals surface area contributed by atoms with Crippen LogP contribution in [0, 0.1) is 0 Å². The van der Waals surface area contributed by atoms with Crippen LogP contribution in [0.15, 0.2) is 51.8 Å². The molecular weight excluding hydrogens is 362 g/mol. The lowest BCUT2D eigenvalue weighted by molar-refractivity contribution is -0.140. The number of para-hydroxylation sites is 1. The lowest BCUT2D eigenvalue weighted by Crippen LogP contribution is -2.41. The molecule has 26 heavy (non-hydrogen) atoms. The Balaban J connectivity index is 1.96. The summed E-state index contributed by atoms with van der Waals surface area (Å²) in [4.78, 5) is 21.7. The molecule has 2 aromatic carbocycles. The predicted molar refractivity (Wildman–Crippen MR) is 92.3 cm³/mol. The zero-order valence-electron chi connectivity index (χ0n) is 13.4. The SMILES string of the molecule is O=C(O)CC[C@H](NS(=O)(=O)c1ccc2oc3ccccc3c2c1)C(=O)O. The highest BCUT2D eigenvalue weighted by atomic mass is 32.2. The topological polar surface area (TPSA) is 134 Å². The number of fused-ring (bicyclic) bond motifs is 3. The van der Waals surface area contributed by atoms with Crippen molar-refractivity contribution in [2.45, 2.75) is 23.8 Å². The van der Waals surface area contributed by atoms with Crippen LogP contribution in [0.5, 0.6) is 0 Å². The van der Waals surface area contributed by atoms with Crippen molar-refractivity contribution in [1.29, 1.82) is 0 Å². The van der Waals surface area contributed by atoms with Crippen LogP contribution in [-0.4, -0.2) is 36.6 Å². The average molecular weight is 377 g/mol. The standard InChI is InChI=1S/C17H15NO7S/c19-16(20)8-6-13(17(21)22)18-26(23,24)10-5-7-15-12(9-10)11-3-1-2-4-14(11)25-15/h1-5,7,9,13,18H,6,8H2,(H,19,20)(H,21,22)/t13-/m0/s1. The summed E-state index contributed by atoms with van der Waals surface area (Å²) in [5, 5.41) is 19.1. The molecule has 0 saturated heterocycles. The molecule has 3 aromatic rings. The summed E-state index contributed by atoms with van der Waals surface area (Å²) in [5.41, 5.74) is 1.11. The van der Waals surface area contributed by atoms with Crippen LogP contribution in [0.3, 0.4) is 0 Å². The summed E-state index contributed by atoms with van der Waals surface area (Å²) in [7, 11) is -4.16. The minimum absolute atomic E-state index is 0.127. The zero-order chi connectivity index (χ0) is 18.9. The van der Waals surface area contributed by atoms with Crippen LogP contribution in [-0.2, 0) is 19.6 Å². The molecule has 0 aliphatic rings. The number of sulfonamides is 1. The molecule has 3 rings (SSSR count). The Morgan fingerprint density at radius 2 is 1.73 bits per heavy atom. The van der Waals surface area contributed by atoms with Gasteiger partial charge in [-0.2, -0.15) is 4.72 Å². The van der Waals surface area contributed by atoms with Gasteiger partial charge in [0.2, 0.25) is 10.0 Å². The average Bonchev–Trinajstić information content (AvgIpc) is 2.96. The van der Waals surface area contributed by atoms with Crippen molar-refractivity contribution in [1.82, 2.24) is 4.72 Å². The van der Waals surface area contributed by atoms with E-state index in [0.717, 1.165) is 5.39 Å². The van der Waals surface area contributed by atoms with E-state index in [-0.39, 0.29) is 11.3 Å². The maximum absolute atomic E-state index is 12.5. The highest BCUT2D eigenvalue weighted by molar-refractivity contribution is 7.89. The summed E-state index contributed by atoms with van der Waals surface area (Å²) >= 11 is 0. The van der Waals surface area contributed by atoms with E-state index in [0.29, 0.717) is 16.6 Å². The van der Waals surface area contributed by atoms with Crippen molar-refractivity contribution in [3.8, 4) is 0 Å². The first-order valence-electron chi connectivity index (χ1n) is 7.66. The number of rotatable bonds is 7. The van der Waals surface area contributed by atoms with E-state index >= 15 is 0 Å². The molecule has 0 aliphatic carbocycles. The van der Waals surface area contributed by atoms with Crippen LogP contribution in [0.4, 0.5) is 0 Å². The Bertz CT molecular complexity index is 1100. The molecule has 0 aliphatic heterocycles. The quantitative estimate of drug-likeness (QED) is 0.574. The number of benzene rings is 2. The first-order valence-corrected chi connectivity index (χ1v) is 9.14. The van der Waals surface area contributed by atoms with Gasteiger partial charge in [-0.1, -0.05) is 18.2 Å². The number of aliphatic carboxylic acids is 2. The van der Waals surface area contributed by atoms with Gasteiger partial charge in [-0.25, -0.2) is 8.42 Å². The molecule has 1 atom stereocenters. The maximum atomic E-state index is 12.5. The summed E-state index contributed by atoms with van der Waals surface area (Å²) in [5.74, 6) is -2.65. The smallest absolute Gasteiger partial charge is 0.321 e. The van der Waals surface area contributed by atoms with Gasteiger partial charge < -0.3 is 14.6 Å². The van der Waals surface area contributed by atoms with Gasteiger partial charge >= 0.3 is 11.9 Å². The molecule has 0 spiro atoms. The second-order valence-corrected chi connectivity index (χ2v) is 7.41. The van der Waals surface area contributed by atoms with Crippen molar-refractivity contribution in [2.24, 2.45) is 0 Å². The molecule has 9 heteroatoms. The van der Waals surface area contributed by atoms with E-state index in [9.17, 15) is 18.0 Å². The Morgan fingerprint density at radius 1 is 1.04 bits per heavy atom. The molecule has 136 valence electrons. The van der Waals surface area contributed by atoms with Gasteiger partial charge in [0.05, 0.1) is 4.90 Å². The third kappa shape index (κ3) is 3.53. The van der Waals surface area contributed by atoms with E-state index in [1.165, 1.54) is 18.2 Å². The van der Waals surface area contributed by atoms with Crippen LogP contribution < -0.4 is 4.72 Å². The zero-order valence-corrected chi connectivity index (χ0v) is 14.2. The molecular formula is C17H15NO7S. The molecule has 0 amide bonds. The van der Waals surface area contributed by atoms with E-state index in [2.05, 4.69) is 0 Å². The van der Waals surface area contributed by atoms with Crippen LogP contribution in [0.1, 0.15) is 12.8 Å². The van der Waals surface area contributed by atoms with Crippen molar-refractivity contribution in [2.75, 3.05) is 0 Å². The summed E-state index contributed by atoms with van der Waals surface area (Å²) in [6, 6.07) is 9.81. The Labute approximate surface area is 148 Å². The van der Waals surface area contributed by atoms with Crippen LogP contribution in [0.25, 0.3) is 21.9 Å². The normalized spacial score (nSPS) is 13.1. The third-order valence-electron chi connectivity index (χ3n) is 3.90. The van der Waals surface area contributed by atoms with Crippen LogP contribution >= 0.6 is 0 Å². The van der Waals surface area contributed by atoms with Gasteiger partial charge in [-0.3, -0.25) is 9.59 Å². The minimum Gasteiger partial charge on any atom is -0.481 e. The van der Waals surface area contributed by atoms with Crippen LogP contribution in [0.2, 0.25) is 0 Å². The molecule has 0 bridgehead atoms. The largest absolute Gasteiger partial charge is 0.481 e. The highest BCUT2D eigenvalue weighted by Gasteiger charge is 2.26. The lowest BCUT2D eigenvalue weighted by atomic mass is 10.1. The lowest BCUT2D eigenvalue weighted by Gasteiger charge is -2.14. The highest BCUT2D eigenvalue weighted by Crippen LogP contribution is 2.30. The fourth-order valence-electron chi connectivity index (χ4n) is 2.63. The molecule has 1 aromatic heterocycles. The number of hydrogen-bond acceptors (Lipinski definition) is 5. The first kappa shape index (κ1) is 17.9. The fourth-order valence-corrected chi connectivity index (χ4v) is 3.88. The molecule has 1 heterocycles. The van der Waals surface area contributed by atoms with Crippen molar-refractivity contribution in [3.63, 3.8) is 0 Å². The summed E-state index contributed by atoms with van der Waals surface area (Å²) in [6.07, 6.45) is -0.828. The third-order valence-corrected chi connectivity index (χ3v) is 5.37. The molecule has 0 fully saturated rings. The first-order chi connectivity index (χ1) is 12.3. The van der Waals surface area contributed by atoms with Crippen molar-refractivity contribution < 1.29 is 32.6 Å². The molecule has 3 N–H and O–H groups in total. The Morgan fingerprint density at radius 3 is 2.42 bits per heavy atom. The van der Waals surface area contributed by atoms with Gasteiger partial charge in [0.25, 0.3) is 0 Å². The number of hydrogen-bond donors (Lipinski definition) is 3. The summed E-state index contributed by atoms with van der Waals surface area (Å²) in [6.45, 7) is 0. The van der Waals surface area contributed by atoms with E-state index < -0.39 is 34.4 Å². The molecule has 0 saturated carbocycles. The maximum Gasteiger partial charge on any atom is 0.321 e. The second kappa shape index (κ2) is 6.77. The number of carboxylic acids is 2. The van der Waals surface area contributed by atoms with Gasteiger partial charge in [-0.05, 0) is 30.7 Å². The van der Waals surface area contributed by atoms with Gasteiger partial charge in [0, 0.05) is 17.2 Å². The Hall–Kier alpha value is -2.91. The molecule has 8 nitrogen and oxygen atoms in total. The van der Waals surface area contributed by atoms with Gasteiger partial charge in [0.15, 0.2) is 0 Å².